The minimum atomic E-state index is 0.739. The third kappa shape index (κ3) is 9.04. The van der Waals surface area contributed by atoms with E-state index in [9.17, 15) is 0 Å². The van der Waals surface area contributed by atoms with Gasteiger partial charge in [0.1, 0.15) is 0 Å². The van der Waals surface area contributed by atoms with E-state index in [0.29, 0.717) is 0 Å². The van der Waals surface area contributed by atoms with Gasteiger partial charge in [-0.3, -0.25) is 0 Å². The topological polar surface area (TPSA) is 6.48 Å². The van der Waals surface area contributed by atoms with E-state index in [0.717, 1.165) is 26.7 Å². The van der Waals surface area contributed by atoms with Gasteiger partial charge in [-0.2, -0.15) is 0 Å². The Labute approximate surface area is 114 Å². The van der Waals surface area contributed by atoms with Crippen molar-refractivity contribution in [3.63, 3.8) is 0 Å². The zero-order valence-corrected chi connectivity index (χ0v) is 14.8. The molecule has 98 valence electrons. The summed E-state index contributed by atoms with van der Waals surface area (Å²) in [5.41, 5.74) is 0. The molecule has 4 heteroatoms. The molecule has 0 amide bonds. The number of rotatable bonds is 11. The van der Waals surface area contributed by atoms with Gasteiger partial charge in [0.2, 0.25) is 0 Å². The summed E-state index contributed by atoms with van der Waals surface area (Å²) in [6, 6.07) is 0. The number of hydrogen-bond acceptors (Lipinski definition) is 2. The van der Waals surface area contributed by atoms with Crippen LogP contribution in [0.2, 0.25) is 0 Å². The summed E-state index contributed by atoms with van der Waals surface area (Å²) in [6.07, 6.45) is 5.22. The van der Waals surface area contributed by atoms with Gasteiger partial charge in [-0.1, -0.05) is 0 Å². The number of hydrogen-bond donors (Lipinski definition) is 0. The van der Waals surface area contributed by atoms with Crippen molar-refractivity contribution >= 4 is 26.7 Å². The van der Waals surface area contributed by atoms with Crippen LogP contribution < -0.4 is 0 Å². The summed E-state index contributed by atoms with van der Waals surface area (Å²) in [7, 11) is 0. The van der Waals surface area contributed by atoms with E-state index in [2.05, 4.69) is 35.5 Å². The summed E-state index contributed by atoms with van der Waals surface area (Å²) in [5.74, 6) is 0. The molecule has 0 spiro atoms. The van der Waals surface area contributed by atoms with Gasteiger partial charge in [0, 0.05) is 0 Å². The van der Waals surface area contributed by atoms with Crippen molar-refractivity contribution in [2.75, 3.05) is 26.2 Å². The predicted molar refractivity (Wildman–Crippen MR) is 75.8 cm³/mol. The van der Waals surface area contributed by atoms with E-state index in [1.165, 1.54) is 51.9 Å². The van der Waals surface area contributed by atoms with Gasteiger partial charge in [0.15, 0.2) is 0 Å². The molecule has 0 bridgehead atoms. The van der Waals surface area contributed by atoms with Crippen molar-refractivity contribution in [2.45, 2.75) is 53.4 Å². The second-order valence-corrected chi connectivity index (χ2v) is 10.0. The van der Waals surface area contributed by atoms with Gasteiger partial charge >= 0.3 is 114 Å². The molecule has 0 aromatic carbocycles. The molecular weight excluding hydrogens is 330 g/mol. The molecule has 0 radical (unpaired) electrons. The summed E-state index contributed by atoms with van der Waals surface area (Å²) in [5, 5.41) is 0. The van der Waals surface area contributed by atoms with Crippen molar-refractivity contribution in [1.82, 2.24) is 7.83 Å². The molecule has 0 fully saturated rings. The van der Waals surface area contributed by atoms with E-state index >= 15 is 0 Å². The SMILES string of the molecule is CCCN(CCC)[Se][Se]N(CCC)CCC. The molecular formula is C12H28N2Se2. The van der Waals surface area contributed by atoms with E-state index in [1.54, 1.807) is 0 Å². The first-order valence-electron chi connectivity index (χ1n) is 6.63. The Morgan fingerprint density at radius 3 is 1.00 bits per heavy atom. The summed E-state index contributed by atoms with van der Waals surface area (Å²) >= 11 is 1.48. The fraction of sp³-hybridized carbons (Fsp3) is 1.00. The average molecular weight is 358 g/mol. The van der Waals surface area contributed by atoms with Crippen LogP contribution in [0.25, 0.3) is 0 Å². The van der Waals surface area contributed by atoms with Crippen LogP contribution in [0.1, 0.15) is 53.4 Å². The van der Waals surface area contributed by atoms with Crippen LogP contribution in [0.3, 0.4) is 0 Å². The second-order valence-electron chi connectivity index (χ2n) is 4.01. The van der Waals surface area contributed by atoms with Crippen molar-refractivity contribution in [3.05, 3.63) is 0 Å². The molecule has 16 heavy (non-hydrogen) atoms. The van der Waals surface area contributed by atoms with E-state index in [4.69, 9.17) is 0 Å². The summed E-state index contributed by atoms with van der Waals surface area (Å²) in [4.78, 5) is 0. The summed E-state index contributed by atoms with van der Waals surface area (Å²) in [6.45, 7) is 14.4. The molecule has 0 saturated carbocycles. The van der Waals surface area contributed by atoms with Crippen LogP contribution in [-0.4, -0.2) is 60.7 Å². The van der Waals surface area contributed by atoms with Crippen molar-refractivity contribution < 1.29 is 0 Å². The van der Waals surface area contributed by atoms with Crippen LogP contribution >= 0.6 is 0 Å². The van der Waals surface area contributed by atoms with Gasteiger partial charge in [-0.05, 0) is 0 Å². The van der Waals surface area contributed by atoms with Crippen molar-refractivity contribution in [1.29, 1.82) is 0 Å². The van der Waals surface area contributed by atoms with Gasteiger partial charge in [0.25, 0.3) is 0 Å². The Bertz CT molecular complexity index is 117. The molecule has 0 aliphatic carbocycles. The Kier molecular flexibility index (Phi) is 13.2. The Balaban J connectivity index is 3.83. The fourth-order valence-corrected chi connectivity index (χ4v) is 9.32. The molecule has 2 nitrogen and oxygen atoms in total. The molecule has 0 aromatic rings. The third-order valence-electron chi connectivity index (χ3n) is 2.14. The first kappa shape index (κ1) is 17.0. The standard InChI is InChI=1S/C12H28N2Se2/c1-5-9-13(10-6-2)15-16-14(11-7-3)12-8-4/h5-12H2,1-4H3. The van der Waals surface area contributed by atoms with Gasteiger partial charge in [-0.15, -0.1) is 0 Å². The number of nitrogens with zero attached hydrogens (tertiary/aromatic N) is 2. The zero-order chi connectivity index (χ0) is 12.2. The molecule has 0 unspecified atom stereocenters. The third-order valence-corrected chi connectivity index (χ3v) is 10.0. The molecule has 0 aliphatic rings. The molecule has 0 N–H and O–H groups in total. The predicted octanol–water partition coefficient (Wildman–Crippen LogP) is 2.38. The maximum absolute atomic E-state index is 2.70. The molecule has 0 heterocycles. The average Bonchev–Trinajstić information content (AvgIpc) is 2.27. The van der Waals surface area contributed by atoms with Crippen LogP contribution in [0.5, 0.6) is 0 Å². The minimum absolute atomic E-state index is 0.739. The second kappa shape index (κ2) is 12.4. The van der Waals surface area contributed by atoms with Crippen molar-refractivity contribution in [3.8, 4) is 0 Å². The molecule has 0 atom stereocenters. The van der Waals surface area contributed by atoms with E-state index in [-0.39, 0.29) is 0 Å². The monoisotopic (exact) mass is 360 g/mol. The molecule has 0 aromatic heterocycles. The van der Waals surface area contributed by atoms with Crippen LogP contribution in [0.4, 0.5) is 0 Å². The van der Waals surface area contributed by atoms with Gasteiger partial charge in [-0.25, -0.2) is 0 Å². The zero-order valence-electron chi connectivity index (χ0n) is 11.4. The van der Waals surface area contributed by atoms with Gasteiger partial charge in [0.05, 0.1) is 0 Å². The van der Waals surface area contributed by atoms with Crippen LogP contribution in [0, 0.1) is 0 Å². The Hall–Kier alpha value is 0.959. The van der Waals surface area contributed by atoms with E-state index in [1.807, 2.05) is 0 Å². The first-order chi connectivity index (χ1) is 7.78. The van der Waals surface area contributed by atoms with Crippen molar-refractivity contribution in [2.24, 2.45) is 0 Å². The van der Waals surface area contributed by atoms with E-state index < -0.39 is 0 Å². The van der Waals surface area contributed by atoms with Crippen LogP contribution in [-0.2, 0) is 0 Å². The molecule has 0 rings (SSSR count). The quantitative estimate of drug-likeness (QED) is 0.524. The van der Waals surface area contributed by atoms with Crippen LogP contribution in [0.15, 0.2) is 0 Å². The normalized spacial score (nSPS) is 11.6. The summed E-state index contributed by atoms with van der Waals surface area (Å²) < 4.78 is 5.40. The first-order valence-corrected chi connectivity index (χ1v) is 12.5. The Morgan fingerprint density at radius 1 is 0.562 bits per heavy atom. The van der Waals surface area contributed by atoms with Gasteiger partial charge < -0.3 is 0 Å². The maximum atomic E-state index is 2.70. The molecule has 0 aliphatic heterocycles. The fourth-order valence-electron chi connectivity index (χ4n) is 1.46. The Morgan fingerprint density at radius 2 is 0.812 bits per heavy atom. The molecule has 0 saturated heterocycles.